The predicted molar refractivity (Wildman–Crippen MR) is 127 cm³/mol. The molecule has 4 heterocycles. The van der Waals surface area contributed by atoms with Gasteiger partial charge >= 0.3 is 0 Å². The molecule has 1 aliphatic rings. The van der Waals surface area contributed by atoms with Crippen molar-refractivity contribution >= 4 is 22.8 Å². The number of para-hydroxylation sites is 1. The molecule has 0 aliphatic carbocycles. The third kappa shape index (κ3) is 4.26. The standard InChI is InChI=1S/C24H26N8O2/c1-15(33)31-11-9-16(10-12-31)19-7-3-5-17(26-19)13-32-14-20(29-30-32)22-18-6-4-8-21(34-2)23(18)28-24(25)27-22/h3-8,14,16H,9-13H2,1-2H3,(H2,25,27,28). The van der Waals surface area contributed by atoms with Gasteiger partial charge in [-0.2, -0.15) is 0 Å². The highest BCUT2D eigenvalue weighted by atomic mass is 16.5. The van der Waals surface area contributed by atoms with E-state index >= 15 is 0 Å². The van der Waals surface area contributed by atoms with E-state index in [1.807, 2.05) is 41.4 Å². The Morgan fingerprint density at radius 3 is 2.68 bits per heavy atom. The number of methoxy groups -OCH3 is 1. The van der Waals surface area contributed by atoms with Crippen molar-refractivity contribution in [1.29, 1.82) is 0 Å². The largest absolute Gasteiger partial charge is 0.494 e. The second-order valence-corrected chi connectivity index (χ2v) is 8.42. The van der Waals surface area contributed by atoms with Gasteiger partial charge in [0.15, 0.2) is 0 Å². The summed E-state index contributed by atoms with van der Waals surface area (Å²) in [7, 11) is 1.59. The normalized spacial score (nSPS) is 14.5. The predicted octanol–water partition coefficient (Wildman–Crippen LogP) is 2.65. The quantitative estimate of drug-likeness (QED) is 0.484. The number of amides is 1. The zero-order chi connectivity index (χ0) is 23.7. The molecule has 0 unspecified atom stereocenters. The van der Waals surface area contributed by atoms with Crippen LogP contribution in [0.2, 0.25) is 0 Å². The molecule has 0 saturated carbocycles. The summed E-state index contributed by atoms with van der Waals surface area (Å²) in [6.45, 7) is 3.66. The lowest BCUT2D eigenvalue weighted by Crippen LogP contribution is -2.36. The van der Waals surface area contributed by atoms with Crippen LogP contribution in [0.15, 0.2) is 42.6 Å². The first kappa shape index (κ1) is 21.7. The van der Waals surface area contributed by atoms with Gasteiger partial charge in [0, 0.05) is 37.0 Å². The van der Waals surface area contributed by atoms with Gasteiger partial charge in [-0.25, -0.2) is 14.6 Å². The van der Waals surface area contributed by atoms with E-state index in [2.05, 4.69) is 26.3 Å². The van der Waals surface area contributed by atoms with Gasteiger partial charge < -0.3 is 15.4 Å². The van der Waals surface area contributed by atoms with Gasteiger partial charge in [-0.15, -0.1) is 5.10 Å². The Bertz CT molecular complexity index is 1340. The maximum atomic E-state index is 11.6. The van der Waals surface area contributed by atoms with Crippen molar-refractivity contribution in [2.75, 3.05) is 25.9 Å². The van der Waals surface area contributed by atoms with Gasteiger partial charge in [-0.05, 0) is 31.0 Å². The van der Waals surface area contributed by atoms with Crippen LogP contribution in [0.5, 0.6) is 5.75 Å². The molecule has 0 atom stereocenters. The molecule has 0 bridgehead atoms. The van der Waals surface area contributed by atoms with E-state index in [0.717, 1.165) is 42.7 Å². The number of hydrogen-bond acceptors (Lipinski definition) is 8. The number of piperidine rings is 1. The van der Waals surface area contributed by atoms with Crippen LogP contribution < -0.4 is 10.5 Å². The smallest absolute Gasteiger partial charge is 0.221 e. The molecular formula is C24H26N8O2. The number of nitrogens with zero attached hydrogens (tertiary/aromatic N) is 7. The zero-order valence-electron chi connectivity index (χ0n) is 19.2. The summed E-state index contributed by atoms with van der Waals surface area (Å²) < 4.78 is 7.16. The Morgan fingerprint density at radius 1 is 1.12 bits per heavy atom. The summed E-state index contributed by atoms with van der Waals surface area (Å²) >= 11 is 0. The van der Waals surface area contributed by atoms with Crippen LogP contribution in [-0.4, -0.2) is 61.0 Å². The summed E-state index contributed by atoms with van der Waals surface area (Å²) in [6.07, 6.45) is 3.69. The number of hydrogen-bond donors (Lipinski definition) is 1. The van der Waals surface area contributed by atoms with Gasteiger partial charge in [-0.1, -0.05) is 23.4 Å². The Kier molecular flexibility index (Phi) is 5.79. The average Bonchev–Trinajstić information content (AvgIpc) is 3.31. The van der Waals surface area contributed by atoms with Crippen molar-refractivity contribution in [3.05, 3.63) is 54.0 Å². The minimum absolute atomic E-state index is 0.138. The number of carbonyl (C=O) groups is 1. The first-order valence-electron chi connectivity index (χ1n) is 11.2. The SMILES string of the molecule is COc1cccc2c(-c3cn(Cc4cccc(C5CCN(C(C)=O)CC5)n4)nn3)nc(N)nc12. The molecule has 2 N–H and O–H groups in total. The lowest BCUT2D eigenvalue weighted by atomic mass is 9.93. The number of benzene rings is 1. The minimum Gasteiger partial charge on any atom is -0.494 e. The van der Waals surface area contributed by atoms with E-state index in [1.165, 1.54) is 0 Å². The van der Waals surface area contributed by atoms with Crippen molar-refractivity contribution in [3.8, 4) is 17.1 Å². The lowest BCUT2D eigenvalue weighted by molar-refractivity contribution is -0.129. The first-order valence-corrected chi connectivity index (χ1v) is 11.2. The van der Waals surface area contributed by atoms with E-state index in [1.54, 1.807) is 18.7 Å². The van der Waals surface area contributed by atoms with Gasteiger partial charge in [0.1, 0.15) is 22.7 Å². The topological polar surface area (TPSA) is 125 Å². The number of likely N-dealkylation sites (tertiary alicyclic amines) is 1. The summed E-state index contributed by atoms with van der Waals surface area (Å²) in [5, 5.41) is 9.41. The van der Waals surface area contributed by atoms with Gasteiger partial charge in [0.25, 0.3) is 0 Å². The van der Waals surface area contributed by atoms with E-state index < -0.39 is 0 Å². The van der Waals surface area contributed by atoms with E-state index in [0.29, 0.717) is 35.1 Å². The molecule has 0 spiro atoms. The van der Waals surface area contributed by atoms with Crippen LogP contribution in [0.4, 0.5) is 5.95 Å². The number of anilines is 1. The molecule has 0 radical (unpaired) electrons. The molecule has 1 aliphatic heterocycles. The summed E-state index contributed by atoms with van der Waals surface area (Å²) in [6, 6.07) is 11.7. The molecule has 10 heteroatoms. The molecule has 1 fully saturated rings. The molecule has 174 valence electrons. The van der Waals surface area contributed by atoms with Crippen molar-refractivity contribution < 1.29 is 9.53 Å². The highest BCUT2D eigenvalue weighted by molar-refractivity contribution is 5.95. The van der Waals surface area contributed by atoms with E-state index in [9.17, 15) is 4.79 Å². The Hall–Kier alpha value is -4.08. The van der Waals surface area contributed by atoms with Crippen molar-refractivity contribution in [2.24, 2.45) is 0 Å². The number of pyridine rings is 1. The molecule has 1 aromatic carbocycles. The number of carbonyl (C=O) groups excluding carboxylic acids is 1. The maximum absolute atomic E-state index is 11.6. The number of nitrogen functional groups attached to an aromatic ring is 1. The van der Waals surface area contributed by atoms with Gasteiger partial charge in [0.05, 0.1) is 25.5 Å². The molecule has 4 aromatic rings. The monoisotopic (exact) mass is 458 g/mol. The summed E-state index contributed by atoms with van der Waals surface area (Å²) in [5.74, 6) is 1.26. The molecule has 1 saturated heterocycles. The second kappa shape index (κ2) is 9.05. The number of ether oxygens (including phenoxy) is 1. The van der Waals surface area contributed by atoms with Crippen LogP contribution >= 0.6 is 0 Å². The second-order valence-electron chi connectivity index (χ2n) is 8.42. The molecule has 3 aromatic heterocycles. The number of fused-ring (bicyclic) bond motifs is 1. The Balaban J connectivity index is 1.37. The third-order valence-corrected chi connectivity index (χ3v) is 6.22. The fourth-order valence-electron chi connectivity index (χ4n) is 4.46. The van der Waals surface area contributed by atoms with Crippen LogP contribution in [-0.2, 0) is 11.3 Å². The minimum atomic E-state index is 0.138. The molecule has 1 amide bonds. The average molecular weight is 459 g/mol. The number of nitrogens with two attached hydrogens (primary N) is 1. The van der Waals surface area contributed by atoms with Crippen molar-refractivity contribution in [2.45, 2.75) is 32.2 Å². The lowest BCUT2D eigenvalue weighted by Gasteiger charge is -2.31. The maximum Gasteiger partial charge on any atom is 0.221 e. The molecule has 5 rings (SSSR count). The number of aromatic nitrogens is 6. The Labute approximate surface area is 196 Å². The van der Waals surface area contributed by atoms with Crippen LogP contribution in [0.1, 0.15) is 37.1 Å². The van der Waals surface area contributed by atoms with E-state index in [-0.39, 0.29) is 11.9 Å². The fourth-order valence-corrected chi connectivity index (χ4v) is 4.46. The summed E-state index contributed by atoms with van der Waals surface area (Å²) in [4.78, 5) is 27.1. The fraction of sp³-hybridized carbons (Fsp3) is 0.333. The zero-order valence-corrected chi connectivity index (χ0v) is 19.2. The van der Waals surface area contributed by atoms with Crippen LogP contribution in [0.25, 0.3) is 22.3 Å². The van der Waals surface area contributed by atoms with Crippen molar-refractivity contribution in [1.82, 2.24) is 34.8 Å². The Morgan fingerprint density at radius 2 is 1.91 bits per heavy atom. The molecular weight excluding hydrogens is 432 g/mol. The van der Waals surface area contributed by atoms with Gasteiger partial charge in [-0.3, -0.25) is 9.78 Å². The first-order chi connectivity index (χ1) is 16.5. The molecule has 10 nitrogen and oxygen atoms in total. The highest BCUT2D eigenvalue weighted by Gasteiger charge is 2.23. The summed E-state index contributed by atoms with van der Waals surface area (Å²) in [5.41, 5.74) is 9.75. The highest BCUT2D eigenvalue weighted by Crippen LogP contribution is 2.31. The third-order valence-electron chi connectivity index (χ3n) is 6.22. The van der Waals surface area contributed by atoms with E-state index in [4.69, 9.17) is 15.5 Å². The van der Waals surface area contributed by atoms with Crippen molar-refractivity contribution in [3.63, 3.8) is 0 Å². The van der Waals surface area contributed by atoms with Crippen LogP contribution in [0, 0.1) is 0 Å². The molecule has 34 heavy (non-hydrogen) atoms. The van der Waals surface area contributed by atoms with Gasteiger partial charge in [0.2, 0.25) is 11.9 Å². The number of rotatable bonds is 5. The van der Waals surface area contributed by atoms with Crippen LogP contribution in [0.3, 0.4) is 0 Å².